The predicted octanol–water partition coefficient (Wildman–Crippen LogP) is 4.28. The van der Waals surface area contributed by atoms with Crippen LogP contribution in [0.3, 0.4) is 0 Å². The van der Waals surface area contributed by atoms with Crippen molar-refractivity contribution in [2.45, 2.75) is 70.5 Å². The summed E-state index contributed by atoms with van der Waals surface area (Å²) in [4.78, 5) is 8.32. The van der Waals surface area contributed by atoms with Crippen molar-refractivity contribution in [3.8, 4) is 11.3 Å². The molecule has 2 aliphatic carbocycles. The van der Waals surface area contributed by atoms with E-state index >= 15 is 0 Å². The fourth-order valence-corrected chi connectivity index (χ4v) is 5.05. The third-order valence-corrected chi connectivity index (χ3v) is 7.43. The number of H-pyrrole nitrogens is 1. The maximum absolute atomic E-state index is 6.15. The molecule has 2 saturated carbocycles. The van der Waals surface area contributed by atoms with E-state index in [2.05, 4.69) is 56.9 Å². The fourth-order valence-electron chi connectivity index (χ4n) is 5.05. The van der Waals surface area contributed by atoms with Crippen molar-refractivity contribution in [2.75, 3.05) is 0 Å². The van der Waals surface area contributed by atoms with Crippen LogP contribution in [0.1, 0.15) is 65.1 Å². The van der Waals surface area contributed by atoms with Gasteiger partial charge in [-0.25, -0.2) is 4.98 Å². The molecule has 3 aliphatic rings. The zero-order valence-electron chi connectivity index (χ0n) is 16.8. The molecular weight excluding hydrogens is 335 g/mol. The quantitative estimate of drug-likeness (QED) is 0.827. The molecule has 0 unspecified atom stereocenters. The SMILES string of the molecule is CC1(C)OB(c2ccc(-c3cnc([C@H]4C[C@@H]5CC[C@H]4C5)[nH]3)cc2)OC1(C)C. The van der Waals surface area contributed by atoms with Gasteiger partial charge < -0.3 is 14.3 Å². The molecular formula is C22H29BN2O2. The van der Waals surface area contributed by atoms with Crippen molar-refractivity contribution >= 4 is 12.6 Å². The average Bonchev–Trinajstić information content (AvgIpc) is 3.39. The molecule has 1 N–H and O–H groups in total. The van der Waals surface area contributed by atoms with Gasteiger partial charge in [-0.05, 0) is 69.8 Å². The van der Waals surface area contributed by atoms with E-state index in [1.165, 1.54) is 31.5 Å². The number of fused-ring (bicyclic) bond motifs is 2. The Balaban J connectivity index is 1.33. The minimum absolute atomic E-state index is 0.310. The van der Waals surface area contributed by atoms with Crippen LogP contribution in [0.25, 0.3) is 11.3 Å². The molecule has 1 aliphatic heterocycles. The van der Waals surface area contributed by atoms with Crippen LogP contribution in [-0.4, -0.2) is 28.3 Å². The lowest BCUT2D eigenvalue weighted by Gasteiger charge is -2.32. The number of hydrogen-bond acceptors (Lipinski definition) is 3. The molecule has 3 atom stereocenters. The van der Waals surface area contributed by atoms with E-state index in [-0.39, 0.29) is 18.3 Å². The Labute approximate surface area is 162 Å². The van der Waals surface area contributed by atoms with Crippen LogP contribution in [0, 0.1) is 11.8 Å². The minimum Gasteiger partial charge on any atom is -0.399 e. The van der Waals surface area contributed by atoms with E-state index in [4.69, 9.17) is 14.3 Å². The second-order valence-electron chi connectivity index (χ2n) is 9.67. The Morgan fingerprint density at radius 1 is 1.00 bits per heavy atom. The molecule has 1 saturated heterocycles. The van der Waals surface area contributed by atoms with Crippen LogP contribution in [-0.2, 0) is 9.31 Å². The minimum atomic E-state index is -0.310. The van der Waals surface area contributed by atoms with Crippen molar-refractivity contribution in [3.05, 3.63) is 36.3 Å². The van der Waals surface area contributed by atoms with Gasteiger partial charge in [0.2, 0.25) is 0 Å². The second kappa shape index (κ2) is 5.95. The molecule has 142 valence electrons. The lowest BCUT2D eigenvalue weighted by Crippen LogP contribution is -2.41. The summed E-state index contributed by atoms with van der Waals surface area (Å²) >= 11 is 0. The van der Waals surface area contributed by atoms with Gasteiger partial charge in [0.15, 0.2) is 0 Å². The van der Waals surface area contributed by atoms with Gasteiger partial charge in [0, 0.05) is 5.92 Å². The standard InChI is InChI=1S/C22H29BN2O2/c1-21(2)22(3,4)27-23(26-21)17-9-7-15(8-10-17)19-13-24-20(25-19)18-12-14-5-6-16(18)11-14/h7-10,13-14,16,18H,5-6,11-12H2,1-4H3,(H,24,25)/t14-,16+,18+/m1/s1. The van der Waals surface area contributed by atoms with Crippen molar-refractivity contribution in [3.63, 3.8) is 0 Å². The van der Waals surface area contributed by atoms with Gasteiger partial charge in [-0.1, -0.05) is 30.7 Å². The largest absolute Gasteiger partial charge is 0.494 e. The number of aromatic nitrogens is 2. The molecule has 3 fully saturated rings. The molecule has 5 rings (SSSR count). The Morgan fingerprint density at radius 2 is 1.70 bits per heavy atom. The van der Waals surface area contributed by atoms with Gasteiger partial charge in [-0.2, -0.15) is 0 Å². The Kier molecular flexibility index (Phi) is 3.86. The molecule has 1 aromatic carbocycles. The first-order valence-electron chi connectivity index (χ1n) is 10.3. The third-order valence-electron chi connectivity index (χ3n) is 7.43. The van der Waals surface area contributed by atoms with Gasteiger partial charge in [-0.15, -0.1) is 0 Å². The van der Waals surface area contributed by atoms with Crippen LogP contribution in [0.15, 0.2) is 30.5 Å². The maximum atomic E-state index is 6.15. The molecule has 27 heavy (non-hydrogen) atoms. The van der Waals surface area contributed by atoms with Crippen LogP contribution in [0.5, 0.6) is 0 Å². The first-order valence-corrected chi connectivity index (χ1v) is 10.3. The fraction of sp³-hybridized carbons (Fsp3) is 0.591. The number of imidazole rings is 1. The number of rotatable bonds is 3. The lowest BCUT2D eigenvalue weighted by atomic mass is 9.79. The predicted molar refractivity (Wildman–Crippen MR) is 108 cm³/mol. The Bertz CT molecular complexity index is 826. The average molecular weight is 364 g/mol. The number of hydrogen-bond donors (Lipinski definition) is 1. The Morgan fingerprint density at radius 3 is 2.30 bits per heavy atom. The molecule has 1 aromatic heterocycles. The summed E-state index contributed by atoms with van der Waals surface area (Å²) in [5, 5.41) is 0. The summed E-state index contributed by atoms with van der Waals surface area (Å²) in [5.74, 6) is 3.61. The highest BCUT2D eigenvalue weighted by atomic mass is 16.7. The summed E-state index contributed by atoms with van der Waals surface area (Å²) < 4.78 is 12.3. The van der Waals surface area contributed by atoms with Gasteiger partial charge in [-0.3, -0.25) is 0 Å². The first kappa shape index (κ1) is 17.5. The molecule has 0 amide bonds. The van der Waals surface area contributed by atoms with Crippen molar-refractivity contribution in [1.82, 2.24) is 9.97 Å². The molecule has 2 aromatic rings. The number of aromatic amines is 1. The highest BCUT2D eigenvalue weighted by Gasteiger charge is 2.51. The lowest BCUT2D eigenvalue weighted by molar-refractivity contribution is 0.00578. The highest BCUT2D eigenvalue weighted by Crippen LogP contribution is 2.52. The molecule has 5 heteroatoms. The number of nitrogens with one attached hydrogen (secondary N) is 1. The normalized spacial score (nSPS) is 31.0. The smallest absolute Gasteiger partial charge is 0.399 e. The highest BCUT2D eigenvalue weighted by molar-refractivity contribution is 6.62. The zero-order chi connectivity index (χ0) is 18.8. The number of benzene rings is 1. The van der Waals surface area contributed by atoms with Crippen LogP contribution in [0.4, 0.5) is 0 Å². The van der Waals surface area contributed by atoms with Crippen LogP contribution < -0.4 is 5.46 Å². The van der Waals surface area contributed by atoms with Crippen molar-refractivity contribution in [2.24, 2.45) is 11.8 Å². The second-order valence-corrected chi connectivity index (χ2v) is 9.67. The topological polar surface area (TPSA) is 47.1 Å². The van der Waals surface area contributed by atoms with Gasteiger partial charge in [0.05, 0.1) is 23.1 Å². The Hall–Kier alpha value is -1.59. The van der Waals surface area contributed by atoms with Crippen LogP contribution in [0.2, 0.25) is 0 Å². The van der Waals surface area contributed by atoms with E-state index in [9.17, 15) is 0 Å². The summed E-state index contributed by atoms with van der Waals surface area (Å²) in [6.45, 7) is 8.35. The van der Waals surface area contributed by atoms with Crippen molar-refractivity contribution in [1.29, 1.82) is 0 Å². The monoisotopic (exact) mass is 364 g/mol. The van der Waals surface area contributed by atoms with Gasteiger partial charge in [0.1, 0.15) is 5.82 Å². The third kappa shape index (κ3) is 2.87. The summed E-state index contributed by atoms with van der Waals surface area (Å²) in [5.41, 5.74) is 2.71. The van der Waals surface area contributed by atoms with E-state index in [0.717, 1.165) is 28.6 Å². The maximum Gasteiger partial charge on any atom is 0.494 e. The van der Waals surface area contributed by atoms with E-state index in [0.29, 0.717) is 5.92 Å². The molecule has 0 radical (unpaired) electrons. The van der Waals surface area contributed by atoms with Gasteiger partial charge in [0.25, 0.3) is 0 Å². The molecule has 0 spiro atoms. The molecule has 2 bridgehead atoms. The van der Waals surface area contributed by atoms with E-state index in [1.54, 1.807) is 0 Å². The zero-order valence-corrected chi connectivity index (χ0v) is 16.8. The van der Waals surface area contributed by atoms with Crippen molar-refractivity contribution < 1.29 is 9.31 Å². The first-order chi connectivity index (χ1) is 12.8. The van der Waals surface area contributed by atoms with Gasteiger partial charge >= 0.3 is 7.12 Å². The van der Waals surface area contributed by atoms with Crippen LogP contribution >= 0.6 is 0 Å². The summed E-state index contributed by atoms with van der Waals surface area (Å²) in [7, 11) is -0.310. The number of nitrogens with zero attached hydrogens (tertiary/aromatic N) is 1. The molecule has 2 heterocycles. The van der Waals surface area contributed by atoms with E-state index in [1.807, 2.05) is 6.20 Å². The summed E-state index contributed by atoms with van der Waals surface area (Å²) in [6, 6.07) is 8.49. The van der Waals surface area contributed by atoms with E-state index < -0.39 is 0 Å². The molecule has 4 nitrogen and oxygen atoms in total. The summed E-state index contributed by atoms with van der Waals surface area (Å²) in [6.07, 6.45) is 7.52.